The predicted molar refractivity (Wildman–Crippen MR) is 101 cm³/mol. The second-order valence-electron chi connectivity index (χ2n) is 6.82. The van der Waals surface area contributed by atoms with Crippen LogP contribution in [0.3, 0.4) is 0 Å². The molecule has 27 heavy (non-hydrogen) atoms. The number of benzene rings is 2. The molecule has 0 N–H and O–H groups in total. The van der Waals surface area contributed by atoms with Gasteiger partial charge in [0, 0.05) is 13.1 Å². The molecule has 6 nitrogen and oxygen atoms in total. The number of methoxy groups -OCH3 is 2. The molecule has 0 radical (unpaired) electrons. The van der Waals surface area contributed by atoms with Crippen LogP contribution in [0.1, 0.15) is 17.5 Å². The Bertz CT molecular complexity index is 881. The van der Waals surface area contributed by atoms with Crippen molar-refractivity contribution < 1.29 is 19.1 Å². The van der Waals surface area contributed by atoms with Crippen molar-refractivity contribution in [3.8, 4) is 11.5 Å². The zero-order chi connectivity index (χ0) is 19.0. The number of rotatable bonds is 4. The number of imide groups is 1. The Morgan fingerprint density at radius 1 is 0.963 bits per heavy atom. The lowest BCUT2D eigenvalue weighted by Gasteiger charge is -2.32. The number of amides is 2. The summed E-state index contributed by atoms with van der Waals surface area (Å²) < 4.78 is 10.8. The summed E-state index contributed by atoms with van der Waals surface area (Å²) in [6.45, 7) is 1.34. The summed E-state index contributed by atoms with van der Waals surface area (Å²) in [6, 6.07) is 12.7. The van der Waals surface area contributed by atoms with Crippen LogP contribution in [0.4, 0.5) is 5.69 Å². The predicted octanol–water partition coefficient (Wildman–Crippen LogP) is 2.39. The topological polar surface area (TPSA) is 59.1 Å². The number of hydrogen-bond donors (Lipinski definition) is 0. The Morgan fingerprint density at radius 3 is 2.30 bits per heavy atom. The maximum Gasteiger partial charge on any atom is 0.251 e. The van der Waals surface area contributed by atoms with Crippen LogP contribution in [0.5, 0.6) is 11.5 Å². The van der Waals surface area contributed by atoms with E-state index in [1.54, 1.807) is 26.4 Å². The van der Waals surface area contributed by atoms with Crippen LogP contribution in [-0.2, 0) is 22.6 Å². The van der Waals surface area contributed by atoms with Gasteiger partial charge in [-0.2, -0.15) is 0 Å². The first-order valence-electron chi connectivity index (χ1n) is 9.02. The zero-order valence-electron chi connectivity index (χ0n) is 15.5. The lowest BCUT2D eigenvalue weighted by atomic mass is 9.97. The summed E-state index contributed by atoms with van der Waals surface area (Å²) in [5.41, 5.74) is 2.94. The Morgan fingerprint density at radius 2 is 1.63 bits per heavy atom. The van der Waals surface area contributed by atoms with Crippen molar-refractivity contribution in [2.24, 2.45) is 0 Å². The van der Waals surface area contributed by atoms with Gasteiger partial charge < -0.3 is 9.47 Å². The van der Waals surface area contributed by atoms with Crippen molar-refractivity contribution in [3.63, 3.8) is 0 Å². The third-order valence-electron chi connectivity index (χ3n) is 5.33. The molecule has 2 heterocycles. The average Bonchev–Trinajstić information content (AvgIpc) is 3.01. The second-order valence-corrected chi connectivity index (χ2v) is 6.82. The summed E-state index contributed by atoms with van der Waals surface area (Å²) in [6.07, 6.45) is 1.02. The number of para-hydroxylation sites is 1. The molecule has 140 valence electrons. The van der Waals surface area contributed by atoms with E-state index in [-0.39, 0.29) is 18.2 Å². The number of carbonyl (C=O) groups is 2. The van der Waals surface area contributed by atoms with Gasteiger partial charge in [0.2, 0.25) is 5.91 Å². The summed E-state index contributed by atoms with van der Waals surface area (Å²) in [4.78, 5) is 28.9. The molecule has 0 unspecified atom stereocenters. The average molecular weight is 366 g/mol. The highest BCUT2D eigenvalue weighted by Gasteiger charge is 2.43. The Balaban J connectivity index is 1.57. The molecule has 2 aromatic carbocycles. The van der Waals surface area contributed by atoms with E-state index in [2.05, 4.69) is 4.90 Å². The third-order valence-corrected chi connectivity index (χ3v) is 5.33. The molecule has 2 aliphatic heterocycles. The standard InChI is InChI=1S/C21H22N2O4/c1-26-18-10-14-8-9-22(13-15(14)11-19(18)27-2)17-12-20(24)23(21(17)25)16-6-4-3-5-7-16/h3-7,10-11,17H,8-9,12-13H2,1-2H3/t17-/m0/s1. The monoisotopic (exact) mass is 366 g/mol. The van der Waals surface area contributed by atoms with E-state index >= 15 is 0 Å². The van der Waals surface area contributed by atoms with Crippen LogP contribution >= 0.6 is 0 Å². The van der Waals surface area contributed by atoms with Gasteiger partial charge in [-0.15, -0.1) is 0 Å². The molecule has 0 aliphatic carbocycles. The van der Waals surface area contributed by atoms with Crippen molar-refractivity contribution in [1.29, 1.82) is 0 Å². The van der Waals surface area contributed by atoms with Gasteiger partial charge in [-0.25, -0.2) is 4.90 Å². The lowest BCUT2D eigenvalue weighted by molar-refractivity contribution is -0.123. The van der Waals surface area contributed by atoms with Gasteiger partial charge in [0.1, 0.15) is 0 Å². The Hall–Kier alpha value is -2.86. The first-order chi connectivity index (χ1) is 13.1. The molecule has 0 bridgehead atoms. The van der Waals surface area contributed by atoms with Crippen molar-refractivity contribution in [1.82, 2.24) is 4.90 Å². The highest BCUT2D eigenvalue weighted by atomic mass is 16.5. The van der Waals surface area contributed by atoms with E-state index in [0.29, 0.717) is 23.7 Å². The fraction of sp³-hybridized carbons (Fsp3) is 0.333. The fourth-order valence-electron chi connectivity index (χ4n) is 3.92. The number of ether oxygens (including phenoxy) is 2. The molecule has 6 heteroatoms. The third kappa shape index (κ3) is 3.06. The molecule has 2 aliphatic rings. The van der Waals surface area contributed by atoms with E-state index in [1.807, 2.05) is 30.3 Å². The number of nitrogens with zero attached hydrogens (tertiary/aromatic N) is 2. The molecule has 1 fully saturated rings. The highest BCUT2D eigenvalue weighted by molar-refractivity contribution is 6.22. The van der Waals surface area contributed by atoms with Gasteiger partial charge in [0.15, 0.2) is 11.5 Å². The molecule has 4 rings (SSSR count). The number of anilines is 1. The van der Waals surface area contributed by atoms with Crippen LogP contribution in [0, 0.1) is 0 Å². The minimum Gasteiger partial charge on any atom is -0.493 e. The quantitative estimate of drug-likeness (QED) is 0.778. The summed E-state index contributed by atoms with van der Waals surface area (Å²) in [5, 5.41) is 0. The Kier molecular flexibility index (Phi) is 4.58. The van der Waals surface area contributed by atoms with Crippen LogP contribution < -0.4 is 14.4 Å². The summed E-state index contributed by atoms with van der Waals surface area (Å²) in [7, 11) is 3.24. The van der Waals surface area contributed by atoms with E-state index < -0.39 is 6.04 Å². The molecule has 2 aromatic rings. The number of carbonyl (C=O) groups excluding carboxylic acids is 2. The maximum absolute atomic E-state index is 13.0. The van der Waals surface area contributed by atoms with E-state index in [1.165, 1.54) is 10.5 Å². The van der Waals surface area contributed by atoms with Gasteiger partial charge >= 0.3 is 0 Å². The molecular weight excluding hydrogens is 344 g/mol. The largest absolute Gasteiger partial charge is 0.493 e. The normalized spacial score (nSPS) is 19.9. The molecule has 0 spiro atoms. The number of hydrogen-bond acceptors (Lipinski definition) is 5. The minimum atomic E-state index is -0.418. The van der Waals surface area contributed by atoms with Crippen molar-refractivity contribution >= 4 is 17.5 Å². The van der Waals surface area contributed by atoms with E-state index in [9.17, 15) is 9.59 Å². The Labute approximate surface area is 158 Å². The first-order valence-corrected chi connectivity index (χ1v) is 9.02. The lowest BCUT2D eigenvalue weighted by Crippen LogP contribution is -2.44. The fourth-order valence-corrected chi connectivity index (χ4v) is 3.92. The smallest absolute Gasteiger partial charge is 0.251 e. The molecule has 2 amide bonds. The van der Waals surface area contributed by atoms with Crippen molar-refractivity contribution in [2.45, 2.75) is 25.4 Å². The van der Waals surface area contributed by atoms with Crippen LogP contribution in [-0.4, -0.2) is 43.5 Å². The van der Waals surface area contributed by atoms with Crippen molar-refractivity contribution in [3.05, 3.63) is 53.6 Å². The molecule has 0 saturated carbocycles. The number of fused-ring (bicyclic) bond motifs is 1. The zero-order valence-corrected chi connectivity index (χ0v) is 15.5. The molecular formula is C21H22N2O4. The van der Waals surface area contributed by atoms with E-state index in [0.717, 1.165) is 18.5 Å². The molecule has 1 atom stereocenters. The molecule has 0 aromatic heterocycles. The van der Waals surface area contributed by atoms with Gasteiger partial charge in [0.25, 0.3) is 5.91 Å². The van der Waals surface area contributed by atoms with Gasteiger partial charge in [-0.1, -0.05) is 18.2 Å². The van der Waals surface area contributed by atoms with Crippen LogP contribution in [0.25, 0.3) is 0 Å². The highest BCUT2D eigenvalue weighted by Crippen LogP contribution is 2.35. The van der Waals surface area contributed by atoms with Crippen LogP contribution in [0.15, 0.2) is 42.5 Å². The molecule has 1 saturated heterocycles. The summed E-state index contributed by atoms with van der Waals surface area (Å²) in [5.74, 6) is 1.11. The van der Waals surface area contributed by atoms with Gasteiger partial charge in [0.05, 0.1) is 32.4 Å². The summed E-state index contributed by atoms with van der Waals surface area (Å²) >= 11 is 0. The van der Waals surface area contributed by atoms with Gasteiger partial charge in [-0.05, 0) is 41.8 Å². The maximum atomic E-state index is 13.0. The minimum absolute atomic E-state index is 0.143. The van der Waals surface area contributed by atoms with E-state index in [4.69, 9.17) is 9.47 Å². The first kappa shape index (κ1) is 17.5. The van der Waals surface area contributed by atoms with Gasteiger partial charge in [-0.3, -0.25) is 14.5 Å². The van der Waals surface area contributed by atoms with Crippen molar-refractivity contribution in [2.75, 3.05) is 25.7 Å². The second kappa shape index (κ2) is 7.04. The SMILES string of the molecule is COc1cc2c(cc1OC)CN([C@H]1CC(=O)N(c3ccccc3)C1=O)CC2. The van der Waals surface area contributed by atoms with Crippen LogP contribution in [0.2, 0.25) is 0 Å².